The summed E-state index contributed by atoms with van der Waals surface area (Å²) in [6.45, 7) is 2.61. The van der Waals surface area contributed by atoms with Gasteiger partial charge in [-0.1, -0.05) is 0 Å². The van der Waals surface area contributed by atoms with Crippen molar-refractivity contribution in [2.24, 2.45) is 0 Å². The van der Waals surface area contributed by atoms with Gasteiger partial charge < -0.3 is 14.6 Å². The van der Waals surface area contributed by atoms with Gasteiger partial charge in [-0.2, -0.15) is 0 Å². The van der Waals surface area contributed by atoms with Crippen LogP contribution in [0, 0.1) is 5.82 Å². The van der Waals surface area contributed by atoms with E-state index in [1.54, 1.807) is 6.07 Å². The van der Waals surface area contributed by atoms with Gasteiger partial charge in [-0.05, 0) is 32.1 Å². The number of pyridine rings is 1. The number of halogens is 1. The van der Waals surface area contributed by atoms with Gasteiger partial charge in [0.05, 0.1) is 6.20 Å². The predicted molar refractivity (Wildman–Crippen MR) is 70.3 cm³/mol. The summed E-state index contributed by atoms with van der Waals surface area (Å²) in [5.74, 6) is 0.441. The largest absolute Gasteiger partial charge is 0.358 e. The van der Waals surface area contributed by atoms with E-state index in [0.717, 1.165) is 38.2 Å². The normalized spacial score (nSPS) is 10.7. The van der Waals surface area contributed by atoms with Crippen LogP contribution in [0.1, 0.15) is 12.8 Å². The molecule has 0 spiro atoms. The van der Waals surface area contributed by atoms with Gasteiger partial charge >= 0.3 is 0 Å². The SMILES string of the molecule is CN(CCCC=O)CCN(C)c1ccc(F)cn1. The number of anilines is 1. The van der Waals surface area contributed by atoms with Gasteiger partial charge in [0, 0.05) is 26.6 Å². The highest BCUT2D eigenvalue weighted by Gasteiger charge is 2.04. The summed E-state index contributed by atoms with van der Waals surface area (Å²) in [4.78, 5) is 18.4. The average molecular weight is 253 g/mol. The van der Waals surface area contributed by atoms with Crippen molar-refractivity contribution in [3.05, 3.63) is 24.1 Å². The molecule has 0 radical (unpaired) electrons. The van der Waals surface area contributed by atoms with E-state index in [1.807, 2.05) is 19.0 Å². The molecule has 0 atom stereocenters. The summed E-state index contributed by atoms with van der Waals surface area (Å²) >= 11 is 0. The standard InChI is InChI=1S/C13H20FN3O/c1-16(7-3-4-10-18)8-9-17(2)13-6-5-12(14)11-15-13/h5-6,10-11H,3-4,7-9H2,1-2H3. The molecule has 4 nitrogen and oxygen atoms in total. The topological polar surface area (TPSA) is 36.4 Å². The van der Waals surface area contributed by atoms with Crippen LogP contribution < -0.4 is 4.90 Å². The van der Waals surface area contributed by atoms with Gasteiger partial charge in [0.1, 0.15) is 17.9 Å². The fourth-order valence-corrected chi connectivity index (χ4v) is 1.59. The number of carbonyl (C=O) groups is 1. The van der Waals surface area contributed by atoms with Crippen LogP contribution in [0.15, 0.2) is 18.3 Å². The molecule has 5 heteroatoms. The van der Waals surface area contributed by atoms with E-state index >= 15 is 0 Å². The van der Waals surface area contributed by atoms with Crippen molar-refractivity contribution in [1.82, 2.24) is 9.88 Å². The third-order valence-electron chi connectivity index (χ3n) is 2.78. The molecule has 0 N–H and O–H groups in total. The van der Waals surface area contributed by atoms with E-state index in [2.05, 4.69) is 9.88 Å². The lowest BCUT2D eigenvalue weighted by molar-refractivity contribution is -0.107. The Hall–Kier alpha value is -1.49. The minimum absolute atomic E-state index is 0.321. The summed E-state index contributed by atoms with van der Waals surface area (Å²) in [7, 11) is 3.95. The lowest BCUT2D eigenvalue weighted by atomic mass is 10.3. The maximum Gasteiger partial charge on any atom is 0.141 e. The first-order valence-electron chi connectivity index (χ1n) is 6.08. The Morgan fingerprint density at radius 1 is 1.28 bits per heavy atom. The van der Waals surface area contributed by atoms with Crippen molar-refractivity contribution in [3.63, 3.8) is 0 Å². The number of aromatic nitrogens is 1. The van der Waals surface area contributed by atoms with Gasteiger partial charge in [-0.3, -0.25) is 0 Å². The first-order valence-corrected chi connectivity index (χ1v) is 6.08. The number of hydrogen-bond donors (Lipinski definition) is 0. The van der Waals surface area contributed by atoms with Crippen LogP contribution in [0.5, 0.6) is 0 Å². The molecule has 0 aromatic carbocycles. The molecule has 0 saturated carbocycles. The summed E-state index contributed by atoms with van der Waals surface area (Å²) in [5.41, 5.74) is 0. The van der Waals surface area contributed by atoms with E-state index in [-0.39, 0.29) is 5.82 Å². The van der Waals surface area contributed by atoms with Gasteiger partial charge in [0.15, 0.2) is 0 Å². The molecule has 0 fully saturated rings. The Labute approximate surface area is 107 Å². The maximum atomic E-state index is 12.7. The monoisotopic (exact) mass is 253 g/mol. The van der Waals surface area contributed by atoms with Crippen LogP contribution in [0.3, 0.4) is 0 Å². The smallest absolute Gasteiger partial charge is 0.141 e. The van der Waals surface area contributed by atoms with Crippen LogP contribution in [-0.4, -0.2) is 49.9 Å². The van der Waals surface area contributed by atoms with Crippen molar-refractivity contribution in [1.29, 1.82) is 0 Å². The van der Waals surface area contributed by atoms with Crippen molar-refractivity contribution in [3.8, 4) is 0 Å². The molecule has 1 aromatic rings. The Morgan fingerprint density at radius 3 is 2.67 bits per heavy atom. The molecule has 0 amide bonds. The Bertz CT molecular complexity index is 356. The lowest BCUT2D eigenvalue weighted by Gasteiger charge is -2.22. The number of carbonyl (C=O) groups excluding carboxylic acids is 1. The molecule has 0 aliphatic rings. The average Bonchev–Trinajstić information content (AvgIpc) is 2.37. The van der Waals surface area contributed by atoms with Gasteiger partial charge in [-0.15, -0.1) is 0 Å². The number of unbranched alkanes of at least 4 members (excludes halogenated alkanes) is 1. The fourth-order valence-electron chi connectivity index (χ4n) is 1.59. The number of aldehydes is 1. The Balaban J connectivity index is 2.29. The highest BCUT2D eigenvalue weighted by molar-refractivity contribution is 5.49. The van der Waals surface area contributed by atoms with Gasteiger partial charge in [0.25, 0.3) is 0 Å². The molecule has 100 valence electrons. The van der Waals surface area contributed by atoms with E-state index in [1.165, 1.54) is 12.3 Å². The molecule has 0 aliphatic carbocycles. The molecule has 0 bridgehead atoms. The van der Waals surface area contributed by atoms with Crippen molar-refractivity contribution in [2.45, 2.75) is 12.8 Å². The highest BCUT2D eigenvalue weighted by atomic mass is 19.1. The summed E-state index contributed by atoms with van der Waals surface area (Å²) in [6.07, 6.45) is 3.67. The first kappa shape index (κ1) is 14.6. The number of rotatable bonds is 8. The van der Waals surface area contributed by atoms with Gasteiger partial charge in [0.2, 0.25) is 0 Å². The second kappa shape index (κ2) is 7.76. The van der Waals surface area contributed by atoms with Gasteiger partial charge in [-0.25, -0.2) is 9.37 Å². The highest BCUT2D eigenvalue weighted by Crippen LogP contribution is 2.08. The third-order valence-corrected chi connectivity index (χ3v) is 2.78. The van der Waals surface area contributed by atoms with Crippen LogP contribution in [0.2, 0.25) is 0 Å². The van der Waals surface area contributed by atoms with Crippen molar-refractivity contribution < 1.29 is 9.18 Å². The quantitative estimate of drug-likeness (QED) is 0.520. The van der Waals surface area contributed by atoms with Crippen molar-refractivity contribution >= 4 is 12.1 Å². The summed E-state index contributed by atoms with van der Waals surface area (Å²) in [5, 5.41) is 0. The molecular weight excluding hydrogens is 233 g/mol. The van der Waals surface area contributed by atoms with Crippen molar-refractivity contribution in [2.75, 3.05) is 38.6 Å². The zero-order valence-electron chi connectivity index (χ0n) is 11.0. The van der Waals surface area contributed by atoms with Crippen LogP contribution >= 0.6 is 0 Å². The fraction of sp³-hybridized carbons (Fsp3) is 0.538. The molecular formula is C13H20FN3O. The van der Waals surface area contributed by atoms with E-state index < -0.39 is 0 Å². The minimum atomic E-state index is -0.321. The number of hydrogen-bond acceptors (Lipinski definition) is 4. The third kappa shape index (κ3) is 5.23. The summed E-state index contributed by atoms with van der Waals surface area (Å²) < 4.78 is 12.7. The molecule has 1 heterocycles. The van der Waals surface area contributed by atoms with E-state index in [9.17, 15) is 9.18 Å². The molecule has 18 heavy (non-hydrogen) atoms. The second-order valence-electron chi connectivity index (χ2n) is 4.37. The zero-order chi connectivity index (χ0) is 13.4. The van der Waals surface area contributed by atoms with Crippen LogP contribution in [0.25, 0.3) is 0 Å². The number of likely N-dealkylation sites (N-methyl/N-ethyl adjacent to an activating group) is 2. The molecule has 0 aliphatic heterocycles. The lowest BCUT2D eigenvalue weighted by Crippen LogP contribution is -2.31. The zero-order valence-corrected chi connectivity index (χ0v) is 11.0. The number of nitrogens with zero attached hydrogens (tertiary/aromatic N) is 3. The molecule has 0 unspecified atom stereocenters. The van der Waals surface area contributed by atoms with Crippen LogP contribution in [-0.2, 0) is 4.79 Å². The van der Waals surface area contributed by atoms with E-state index in [4.69, 9.17) is 0 Å². The minimum Gasteiger partial charge on any atom is -0.358 e. The second-order valence-corrected chi connectivity index (χ2v) is 4.37. The van der Waals surface area contributed by atoms with Crippen LogP contribution in [0.4, 0.5) is 10.2 Å². The van der Waals surface area contributed by atoms with E-state index in [0.29, 0.717) is 6.42 Å². The molecule has 1 aromatic heterocycles. The predicted octanol–water partition coefficient (Wildman–Crippen LogP) is 1.57. The first-order chi connectivity index (χ1) is 8.63. The summed E-state index contributed by atoms with van der Waals surface area (Å²) in [6, 6.07) is 3.08. The molecule has 0 saturated heterocycles. The maximum absolute atomic E-state index is 12.7. The Morgan fingerprint density at radius 2 is 2.06 bits per heavy atom. The molecule has 1 rings (SSSR count). The Kier molecular flexibility index (Phi) is 6.28.